The summed E-state index contributed by atoms with van der Waals surface area (Å²) < 4.78 is 0. The Labute approximate surface area is 165 Å². The van der Waals surface area contributed by atoms with Crippen molar-refractivity contribution in [3.8, 4) is 0 Å². The van der Waals surface area contributed by atoms with Crippen LogP contribution in [0.1, 0.15) is 48.7 Å². The van der Waals surface area contributed by atoms with E-state index in [0.29, 0.717) is 5.92 Å². The maximum absolute atomic E-state index is 12.4. The van der Waals surface area contributed by atoms with Crippen LogP contribution in [0.25, 0.3) is 0 Å². The lowest BCUT2D eigenvalue weighted by atomic mass is 9.92. The predicted molar refractivity (Wildman–Crippen MR) is 106 cm³/mol. The van der Waals surface area contributed by atoms with Gasteiger partial charge in [-0.25, -0.2) is 9.97 Å². The van der Waals surface area contributed by atoms with E-state index in [-0.39, 0.29) is 25.0 Å². The second-order valence-corrected chi connectivity index (χ2v) is 7.70. The molecule has 2 aliphatic rings. The summed E-state index contributed by atoms with van der Waals surface area (Å²) >= 11 is 0. The van der Waals surface area contributed by atoms with Gasteiger partial charge in [0, 0.05) is 43.3 Å². The largest absolute Gasteiger partial charge is 0.396 e. The summed E-state index contributed by atoms with van der Waals surface area (Å²) in [6.45, 7) is 2.03. The number of carbonyl (C=O) groups excluding carboxylic acids is 1. The molecule has 1 fully saturated rings. The van der Waals surface area contributed by atoms with Crippen molar-refractivity contribution < 1.29 is 9.90 Å². The molecular formula is C21H27N5O2. The van der Waals surface area contributed by atoms with Crippen LogP contribution in [0.5, 0.6) is 0 Å². The molecule has 0 bridgehead atoms. The third kappa shape index (κ3) is 4.30. The fraction of sp³-hybridized carbons (Fsp3) is 0.524. The van der Waals surface area contributed by atoms with Gasteiger partial charge in [0.05, 0.1) is 18.2 Å². The molecule has 1 aliphatic carbocycles. The Morgan fingerprint density at radius 2 is 2.07 bits per heavy atom. The molecule has 0 unspecified atom stereocenters. The normalized spacial score (nSPS) is 19.9. The van der Waals surface area contributed by atoms with Crippen molar-refractivity contribution in [1.29, 1.82) is 0 Å². The zero-order valence-electron chi connectivity index (χ0n) is 16.0. The van der Waals surface area contributed by atoms with E-state index in [4.69, 9.17) is 4.98 Å². The molecule has 1 aliphatic heterocycles. The lowest BCUT2D eigenvalue weighted by molar-refractivity contribution is -0.121. The Bertz CT molecular complexity index is 806. The van der Waals surface area contributed by atoms with Crippen LogP contribution in [-0.2, 0) is 17.6 Å². The second-order valence-electron chi connectivity index (χ2n) is 7.70. The van der Waals surface area contributed by atoms with Crippen LogP contribution in [0, 0.1) is 5.92 Å². The molecular weight excluding hydrogens is 354 g/mol. The fourth-order valence-corrected chi connectivity index (χ4v) is 4.07. The van der Waals surface area contributed by atoms with Crippen molar-refractivity contribution in [2.75, 3.05) is 24.6 Å². The molecule has 28 heavy (non-hydrogen) atoms. The van der Waals surface area contributed by atoms with Crippen molar-refractivity contribution in [1.82, 2.24) is 20.3 Å². The van der Waals surface area contributed by atoms with Crippen LogP contribution in [0.15, 0.2) is 30.6 Å². The number of hydrogen-bond donors (Lipinski definition) is 2. The van der Waals surface area contributed by atoms with E-state index in [1.807, 2.05) is 24.4 Å². The SMILES string of the molecule is O=C(Cc1ccccn1)N[C@H]1CCCc2nc(N3CCC(CO)CC3)ncc21. The highest BCUT2D eigenvalue weighted by molar-refractivity contribution is 5.78. The number of rotatable bonds is 5. The highest BCUT2D eigenvalue weighted by Gasteiger charge is 2.26. The standard InChI is InChI=1S/C21H27N5O2/c27-14-15-7-10-26(11-8-15)21-23-13-17-18(5-3-6-19(17)25-21)24-20(28)12-16-4-1-2-9-22-16/h1-2,4,9,13,15,18,27H,3,5-8,10-12,14H2,(H,24,28)/t18-/m0/s1. The first-order valence-corrected chi connectivity index (χ1v) is 10.1. The highest BCUT2D eigenvalue weighted by Crippen LogP contribution is 2.30. The lowest BCUT2D eigenvalue weighted by Gasteiger charge is -2.32. The molecule has 7 nitrogen and oxygen atoms in total. The van der Waals surface area contributed by atoms with Gasteiger partial charge in [-0.05, 0) is 50.2 Å². The Morgan fingerprint density at radius 3 is 2.82 bits per heavy atom. The number of aryl methyl sites for hydroxylation is 1. The van der Waals surface area contributed by atoms with E-state index in [0.717, 1.165) is 68.1 Å². The van der Waals surface area contributed by atoms with Gasteiger partial charge in [0.25, 0.3) is 0 Å². The number of carbonyl (C=O) groups is 1. The Morgan fingerprint density at radius 1 is 1.21 bits per heavy atom. The number of nitrogens with one attached hydrogen (secondary N) is 1. The Balaban J connectivity index is 1.42. The van der Waals surface area contributed by atoms with Gasteiger partial charge in [-0.2, -0.15) is 0 Å². The first-order chi connectivity index (χ1) is 13.7. The van der Waals surface area contributed by atoms with E-state index in [1.165, 1.54) is 0 Å². The quantitative estimate of drug-likeness (QED) is 0.821. The van der Waals surface area contributed by atoms with Crippen LogP contribution >= 0.6 is 0 Å². The molecule has 4 rings (SSSR count). The highest BCUT2D eigenvalue weighted by atomic mass is 16.3. The molecule has 2 aromatic heterocycles. The van der Waals surface area contributed by atoms with E-state index in [1.54, 1.807) is 6.20 Å². The number of pyridine rings is 1. The third-order valence-corrected chi connectivity index (χ3v) is 5.73. The van der Waals surface area contributed by atoms with E-state index >= 15 is 0 Å². The lowest BCUT2D eigenvalue weighted by Crippen LogP contribution is -2.37. The molecule has 0 spiro atoms. The average Bonchev–Trinajstić information content (AvgIpc) is 2.74. The number of fused-ring (bicyclic) bond motifs is 1. The van der Waals surface area contributed by atoms with Gasteiger partial charge in [-0.15, -0.1) is 0 Å². The number of aliphatic hydroxyl groups excluding tert-OH is 1. The number of nitrogens with zero attached hydrogens (tertiary/aromatic N) is 4. The molecule has 0 radical (unpaired) electrons. The molecule has 148 valence electrons. The number of amides is 1. The third-order valence-electron chi connectivity index (χ3n) is 5.73. The van der Waals surface area contributed by atoms with Crippen molar-refractivity contribution in [3.05, 3.63) is 47.5 Å². The van der Waals surface area contributed by atoms with Crippen LogP contribution in [0.3, 0.4) is 0 Å². The minimum atomic E-state index is -0.0332. The fourth-order valence-electron chi connectivity index (χ4n) is 4.07. The molecule has 0 saturated carbocycles. The molecule has 1 saturated heterocycles. The zero-order valence-corrected chi connectivity index (χ0v) is 16.0. The molecule has 1 amide bonds. The van der Waals surface area contributed by atoms with Crippen molar-refractivity contribution >= 4 is 11.9 Å². The molecule has 2 N–H and O–H groups in total. The summed E-state index contributed by atoms with van der Waals surface area (Å²) in [6.07, 6.45) is 8.66. The molecule has 1 atom stereocenters. The summed E-state index contributed by atoms with van der Waals surface area (Å²) in [5, 5.41) is 12.4. The maximum Gasteiger partial charge on any atom is 0.226 e. The van der Waals surface area contributed by atoms with Crippen LogP contribution < -0.4 is 10.2 Å². The Kier molecular flexibility index (Phi) is 5.81. The van der Waals surface area contributed by atoms with Crippen molar-refractivity contribution in [2.24, 2.45) is 5.92 Å². The average molecular weight is 381 g/mol. The van der Waals surface area contributed by atoms with Gasteiger partial charge >= 0.3 is 0 Å². The van der Waals surface area contributed by atoms with Crippen LogP contribution in [0.4, 0.5) is 5.95 Å². The van der Waals surface area contributed by atoms with Gasteiger partial charge < -0.3 is 15.3 Å². The Hall–Kier alpha value is -2.54. The van der Waals surface area contributed by atoms with E-state index < -0.39 is 0 Å². The molecule has 7 heteroatoms. The summed E-state index contributed by atoms with van der Waals surface area (Å²) in [5.41, 5.74) is 2.85. The van der Waals surface area contributed by atoms with E-state index in [9.17, 15) is 9.90 Å². The predicted octanol–water partition coefficient (Wildman–Crippen LogP) is 1.82. The minimum absolute atomic E-state index is 0.0216. The van der Waals surface area contributed by atoms with Crippen LogP contribution in [0.2, 0.25) is 0 Å². The number of aromatic nitrogens is 3. The summed E-state index contributed by atoms with van der Waals surface area (Å²) in [4.78, 5) is 28.3. The first-order valence-electron chi connectivity index (χ1n) is 10.1. The van der Waals surface area contributed by atoms with Gasteiger partial charge in [0.15, 0.2) is 0 Å². The van der Waals surface area contributed by atoms with Gasteiger partial charge in [-0.1, -0.05) is 6.07 Å². The monoisotopic (exact) mass is 381 g/mol. The molecule has 2 aromatic rings. The van der Waals surface area contributed by atoms with Gasteiger partial charge in [-0.3, -0.25) is 9.78 Å². The van der Waals surface area contributed by atoms with Crippen molar-refractivity contribution in [2.45, 2.75) is 44.6 Å². The van der Waals surface area contributed by atoms with Gasteiger partial charge in [0.1, 0.15) is 0 Å². The summed E-state index contributed by atoms with van der Waals surface area (Å²) in [5.74, 6) is 1.15. The number of anilines is 1. The summed E-state index contributed by atoms with van der Waals surface area (Å²) in [6, 6.07) is 5.57. The molecule has 0 aromatic carbocycles. The smallest absolute Gasteiger partial charge is 0.226 e. The minimum Gasteiger partial charge on any atom is -0.396 e. The van der Waals surface area contributed by atoms with E-state index in [2.05, 4.69) is 20.2 Å². The summed E-state index contributed by atoms with van der Waals surface area (Å²) in [7, 11) is 0. The van der Waals surface area contributed by atoms with Crippen molar-refractivity contribution in [3.63, 3.8) is 0 Å². The second kappa shape index (κ2) is 8.65. The first kappa shape index (κ1) is 18.8. The molecule has 3 heterocycles. The maximum atomic E-state index is 12.4. The topological polar surface area (TPSA) is 91.2 Å². The number of aliphatic hydroxyl groups is 1. The van der Waals surface area contributed by atoms with Gasteiger partial charge in [0.2, 0.25) is 11.9 Å². The number of piperidine rings is 1. The van der Waals surface area contributed by atoms with Crippen LogP contribution in [-0.4, -0.2) is 45.7 Å². The zero-order chi connectivity index (χ0) is 19.3. The number of hydrogen-bond acceptors (Lipinski definition) is 6.